The number of benzene rings is 1. The molecule has 0 aliphatic carbocycles. The lowest BCUT2D eigenvalue weighted by Gasteiger charge is -2.06. The molecule has 0 aliphatic heterocycles. The largest absolute Gasteiger partial charge is 0.397 e. The van der Waals surface area contributed by atoms with Crippen molar-refractivity contribution in [2.75, 3.05) is 11.5 Å². The zero-order valence-electron chi connectivity index (χ0n) is 12.0. The molecular formula is C14H12Cl2N6O. The molecule has 2 heterocycles. The molecule has 118 valence electrons. The minimum atomic E-state index is -0.427. The van der Waals surface area contributed by atoms with Gasteiger partial charge >= 0.3 is 5.69 Å². The summed E-state index contributed by atoms with van der Waals surface area (Å²) in [6.07, 6.45) is 1.46. The van der Waals surface area contributed by atoms with Crippen molar-refractivity contribution in [3.63, 3.8) is 0 Å². The van der Waals surface area contributed by atoms with Crippen molar-refractivity contribution in [3.8, 4) is 11.5 Å². The smallest absolute Gasteiger partial charge is 0.356 e. The maximum absolute atomic E-state index is 12.7. The quantitative estimate of drug-likeness (QED) is 0.689. The molecule has 7 nitrogen and oxygen atoms in total. The molecule has 9 heteroatoms. The van der Waals surface area contributed by atoms with Gasteiger partial charge in [0.1, 0.15) is 11.6 Å². The number of rotatable bonds is 2. The lowest BCUT2D eigenvalue weighted by atomic mass is 10.3. The highest BCUT2D eigenvalue weighted by molar-refractivity contribution is 6.37. The van der Waals surface area contributed by atoms with Crippen LogP contribution in [0.3, 0.4) is 0 Å². The number of aromatic nitrogens is 4. The van der Waals surface area contributed by atoms with E-state index < -0.39 is 5.69 Å². The average molecular weight is 351 g/mol. The Morgan fingerprint density at radius 1 is 1.13 bits per heavy atom. The molecule has 0 saturated heterocycles. The summed E-state index contributed by atoms with van der Waals surface area (Å²) in [6.45, 7) is 1.68. The number of hydrogen-bond donors (Lipinski definition) is 2. The Morgan fingerprint density at radius 2 is 1.87 bits per heavy atom. The first-order chi connectivity index (χ1) is 10.9. The molecule has 0 fully saturated rings. The molecule has 0 aliphatic rings. The van der Waals surface area contributed by atoms with Crippen LogP contribution in [0, 0.1) is 6.92 Å². The predicted molar refractivity (Wildman–Crippen MR) is 90.5 cm³/mol. The van der Waals surface area contributed by atoms with Gasteiger partial charge in [-0.25, -0.2) is 14.3 Å². The zero-order chi connectivity index (χ0) is 16.7. The topological polar surface area (TPSA) is 105 Å². The molecule has 0 spiro atoms. The molecule has 1 aromatic carbocycles. The minimum absolute atomic E-state index is 0.265. The van der Waals surface area contributed by atoms with Crippen LogP contribution in [0.2, 0.25) is 10.0 Å². The van der Waals surface area contributed by atoms with Crippen LogP contribution < -0.4 is 17.2 Å². The van der Waals surface area contributed by atoms with E-state index >= 15 is 0 Å². The molecule has 0 unspecified atom stereocenters. The van der Waals surface area contributed by atoms with E-state index in [0.717, 1.165) is 4.68 Å². The molecule has 2 aromatic heterocycles. The standard InChI is InChI=1S/C14H12Cl2N6O/c1-7-20-22(12-5-11(18)9(15)4-10(12)16)14(23)21(7)13-3-2-8(17)6-19-13/h2-6H,17-18H2,1H3. The summed E-state index contributed by atoms with van der Waals surface area (Å²) in [6, 6.07) is 6.25. The molecule has 0 atom stereocenters. The molecule has 0 bridgehead atoms. The summed E-state index contributed by atoms with van der Waals surface area (Å²) >= 11 is 12.1. The minimum Gasteiger partial charge on any atom is -0.397 e. The summed E-state index contributed by atoms with van der Waals surface area (Å²) < 4.78 is 2.50. The van der Waals surface area contributed by atoms with Crippen LogP contribution in [-0.4, -0.2) is 19.3 Å². The van der Waals surface area contributed by atoms with Crippen LogP contribution in [0.25, 0.3) is 11.5 Å². The molecule has 0 radical (unpaired) electrons. The Balaban J connectivity index is 2.21. The van der Waals surface area contributed by atoms with Gasteiger partial charge in [0.25, 0.3) is 0 Å². The normalized spacial score (nSPS) is 10.9. The number of nitrogen functional groups attached to an aromatic ring is 2. The molecule has 23 heavy (non-hydrogen) atoms. The van der Waals surface area contributed by atoms with Crippen molar-refractivity contribution in [3.05, 3.63) is 56.8 Å². The Bertz CT molecular complexity index is 945. The molecule has 0 saturated carbocycles. The predicted octanol–water partition coefficient (Wildman–Crippen LogP) is 2.20. The number of anilines is 2. The third-order valence-corrected chi connectivity index (χ3v) is 3.87. The highest BCUT2D eigenvalue weighted by atomic mass is 35.5. The molecule has 0 amide bonds. The average Bonchev–Trinajstić information content (AvgIpc) is 2.79. The summed E-state index contributed by atoms with van der Waals surface area (Å²) in [7, 11) is 0. The monoisotopic (exact) mass is 350 g/mol. The number of hydrogen-bond acceptors (Lipinski definition) is 5. The fourth-order valence-corrected chi connectivity index (χ4v) is 2.60. The molecule has 3 rings (SSSR count). The van der Waals surface area contributed by atoms with Crippen LogP contribution in [0.5, 0.6) is 0 Å². The van der Waals surface area contributed by atoms with E-state index in [1.165, 1.54) is 22.9 Å². The van der Waals surface area contributed by atoms with Gasteiger partial charge in [-0.1, -0.05) is 23.2 Å². The van der Waals surface area contributed by atoms with Crippen LogP contribution in [0.4, 0.5) is 11.4 Å². The fraction of sp³-hybridized carbons (Fsp3) is 0.0714. The van der Waals surface area contributed by atoms with Gasteiger partial charge in [0.2, 0.25) is 0 Å². The highest BCUT2D eigenvalue weighted by Gasteiger charge is 2.17. The first kappa shape index (κ1) is 15.4. The molecular weight excluding hydrogens is 339 g/mol. The summed E-state index contributed by atoms with van der Waals surface area (Å²) in [5.74, 6) is 0.850. The third kappa shape index (κ3) is 2.64. The molecule has 4 N–H and O–H groups in total. The number of nitrogens with zero attached hydrogens (tertiary/aromatic N) is 4. The Kier molecular flexibility index (Phi) is 3.75. The second-order valence-corrected chi connectivity index (χ2v) is 5.67. The van der Waals surface area contributed by atoms with Crippen LogP contribution in [-0.2, 0) is 0 Å². The van der Waals surface area contributed by atoms with Gasteiger partial charge in [-0.05, 0) is 31.2 Å². The SMILES string of the molecule is Cc1nn(-c2cc(N)c(Cl)cc2Cl)c(=O)n1-c1ccc(N)cn1. The number of pyridine rings is 1. The zero-order valence-corrected chi connectivity index (χ0v) is 13.5. The first-order valence-corrected chi connectivity index (χ1v) is 7.29. The third-order valence-electron chi connectivity index (χ3n) is 3.23. The van der Waals surface area contributed by atoms with Crippen molar-refractivity contribution in [1.29, 1.82) is 0 Å². The van der Waals surface area contributed by atoms with Gasteiger partial charge in [-0.3, -0.25) is 0 Å². The van der Waals surface area contributed by atoms with E-state index in [2.05, 4.69) is 10.1 Å². The maximum Gasteiger partial charge on any atom is 0.356 e. The van der Waals surface area contributed by atoms with Crippen molar-refractivity contribution >= 4 is 34.6 Å². The lowest BCUT2D eigenvalue weighted by Crippen LogP contribution is -2.24. The lowest BCUT2D eigenvalue weighted by molar-refractivity contribution is 0.824. The van der Waals surface area contributed by atoms with Crippen LogP contribution >= 0.6 is 23.2 Å². The molecule has 3 aromatic rings. The number of nitrogens with two attached hydrogens (primary N) is 2. The van der Waals surface area contributed by atoms with E-state index in [1.54, 1.807) is 19.1 Å². The summed E-state index contributed by atoms with van der Waals surface area (Å²) in [5.41, 5.74) is 12.1. The van der Waals surface area contributed by atoms with Crippen LogP contribution in [0.1, 0.15) is 5.82 Å². The van der Waals surface area contributed by atoms with Gasteiger partial charge in [0.05, 0.1) is 33.3 Å². The Labute approximate surface area is 141 Å². The van der Waals surface area contributed by atoms with Gasteiger partial charge < -0.3 is 11.5 Å². The first-order valence-electron chi connectivity index (χ1n) is 6.54. The fourth-order valence-electron chi connectivity index (χ4n) is 2.13. The van der Waals surface area contributed by atoms with Gasteiger partial charge in [-0.2, -0.15) is 4.68 Å². The summed E-state index contributed by atoms with van der Waals surface area (Å²) in [5, 5.41) is 4.80. The van der Waals surface area contributed by atoms with E-state index in [9.17, 15) is 4.79 Å². The number of aryl methyl sites for hydroxylation is 1. The maximum atomic E-state index is 12.7. The van der Waals surface area contributed by atoms with E-state index in [4.69, 9.17) is 34.7 Å². The van der Waals surface area contributed by atoms with Crippen molar-refractivity contribution in [1.82, 2.24) is 19.3 Å². The van der Waals surface area contributed by atoms with E-state index in [-0.39, 0.29) is 5.02 Å². The Morgan fingerprint density at radius 3 is 2.52 bits per heavy atom. The van der Waals surface area contributed by atoms with Gasteiger partial charge in [0.15, 0.2) is 0 Å². The van der Waals surface area contributed by atoms with Crippen LogP contribution in [0.15, 0.2) is 35.3 Å². The van der Waals surface area contributed by atoms with Gasteiger partial charge in [0, 0.05) is 0 Å². The van der Waals surface area contributed by atoms with Gasteiger partial charge in [-0.15, -0.1) is 5.10 Å². The second kappa shape index (κ2) is 5.60. The Hall–Kier alpha value is -2.51. The van der Waals surface area contributed by atoms with Crippen molar-refractivity contribution in [2.24, 2.45) is 0 Å². The number of halogens is 2. The second-order valence-electron chi connectivity index (χ2n) is 4.85. The highest BCUT2D eigenvalue weighted by Crippen LogP contribution is 2.28. The van der Waals surface area contributed by atoms with Crippen molar-refractivity contribution in [2.45, 2.75) is 6.92 Å². The van der Waals surface area contributed by atoms with E-state index in [1.807, 2.05) is 0 Å². The van der Waals surface area contributed by atoms with Crippen molar-refractivity contribution < 1.29 is 0 Å². The summed E-state index contributed by atoms with van der Waals surface area (Å²) in [4.78, 5) is 16.8. The van der Waals surface area contributed by atoms with E-state index in [0.29, 0.717) is 33.7 Å².